The van der Waals surface area contributed by atoms with Gasteiger partial charge in [-0.1, -0.05) is 6.07 Å². The van der Waals surface area contributed by atoms with Gasteiger partial charge in [0.15, 0.2) is 11.5 Å². The summed E-state index contributed by atoms with van der Waals surface area (Å²) in [7, 11) is 1.61. The summed E-state index contributed by atoms with van der Waals surface area (Å²) in [6.45, 7) is 1.73. The molecule has 2 aromatic rings. The van der Waals surface area contributed by atoms with Crippen LogP contribution in [0.25, 0.3) is 0 Å². The van der Waals surface area contributed by atoms with Crippen LogP contribution in [0.5, 0.6) is 11.5 Å². The predicted molar refractivity (Wildman–Crippen MR) is 99.2 cm³/mol. The first kappa shape index (κ1) is 17.9. The Labute approximate surface area is 158 Å². The lowest BCUT2D eigenvalue weighted by Gasteiger charge is -2.15. The number of H-pyrrole nitrogens is 1. The predicted octanol–water partition coefficient (Wildman–Crippen LogP) is 2.78. The van der Waals surface area contributed by atoms with Crippen molar-refractivity contribution in [1.82, 2.24) is 15.5 Å². The van der Waals surface area contributed by atoms with E-state index in [1.807, 2.05) is 24.3 Å². The minimum absolute atomic E-state index is 0.156. The molecule has 1 unspecified atom stereocenters. The number of carbonyl (C=O) groups is 1. The lowest BCUT2D eigenvalue weighted by atomic mass is 10.2. The summed E-state index contributed by atoms with van der Waals surface area (Å²) in [5.74, 6) is 1.70. The van der Waals surface area contributed by atoms with E-state index in [2.05, 4.69) is 15.5 Å². The zero-order valence-corrected chi connectivity index (χ0v) is 15.5. The second-order valence-electron chi connectivity index (χ2n) is 7.10. The van der Waals surface area contributed by atoms with Gasteiger partial charge in [-0.15, -0.1) is 0 Å². The first-order valence-corrected chi connectivity index (χ1v) is 9.48. The van der Waals surface area contributed by atoms with Gasteiger partial charge in [-0.05, 0) is 49.4 Å². The number of hydrogen-bond acceptors (Lipinski definition) is 5. The average molecular weight is 371 g/mol. The van der Waals surface area contributed by atoms with Gasteiger partial charge < -0.3 is 19.5 Å². The molecule has 2 aliphatic rings. The van der Waals surface area contributed by atoms with Crippen LogP contribution in [-0.4, -0.2) is 42.5 Å². The molecule has 1 aromatic heterocycles. The van der Waals surface area contributed by atoms with Gasteiger partial charge in [-0.3, -0.25) is 9.89 Å². The summed E-state index contributed by atoms with van der Waals surface area (Å²) in [4.78, 5) is 12.3. The Balaban J connectivity index is 1.33. The van der Waals surface area contributed by atoms with Gasteiger partial charge in [-0.25, -0.2) is 0 Å². The number of nitrogens with one attached hydrogen (secondary N) is 2. The van der Waals surface area contributed by atoms with Crippen LogP contribution in [0, 0.1) is 0 Å². The molecule has 2 heterocycles. The summed E-state index contributed by atoms with van der Waals surface area (Å²) >= 11 is 0. The molecular formula is C20H25N3O4. The molecule has 144 valence electrons. The molecule has 0 bridgehead atoms. The van der Waals surface area contributed by atoms with E-state index < -0.39 is 0 Å². The lowest BCUT2D eigenvalue weighted by Crippen LogP contribution is -2.23. The number of aromatic nitrogens is 2. The molecule has 1 amide bonds. The zero-order valence-electron chi connectivity index (χ0n) is 15.5. The van der Waals surface area contributed by atoms with Crippen molar-refractivity contribution in [2.75, 3.05) is 20.3 Å². The molecule has 4 rings (SSSR count). The van der Waals surface area contributed by atoms with Crippen molar-refractivity contribution in [3.05, 3.63) is 41.2 Å². The van der Waals surface area contributed by atoms with E-state index in [1.54, 1.807) is 7.11 Å². The number of amides is 1. The van der Waals surface area contributed by atoms with Crippen molar-refractivity contribution in [3.63, 3.8) is 0 Å². The Morgan fingerprint density at radius 3 is 2.93 bits per heavy atom. The highest BCUT2D eigenvalue weighted by molar-refractivity contribution is 5.92. The molecule has 1 aliphatic carbocycles. The van der Waals surface area contributed by atoms with Crippen LogP contribution in [0.15, 0.2) is 24.3 Å². The quantitative estimate of drug-likeness (QED) is 0.745. The molecule has 7 nitrogen and oxygen atoms in total. The molecule has 1 saturated heterocycles. The van der Waals surface area contributed by atoms with Crippen LogP contribution in [-0.2, 0) is 11.3 Å². The summed E-state index contributed by atoms with van der Waals surface area (Å²) in [5.41, 5.74) is 2.41. The van der Waals surface area contributed by atoms with Crippen molar-refractivity contribution in [2.24, 2.45) is 0 Å². The van der Waals surface area contributed by atoms with Crippen molar-refractivity contribution >= 4 is 5.91 Å². The van der Waals surface area contributed by atoms with Gasteiger partial charge >= 0.3 is 0 Å². The number of ether oxygens (including phenoxy) is 3. The third-order valence-electron chi connectivity index (χ3n) is 4.98. The maximum Gasteiger partial charge on any atom is 0.272 e. The fourth-order valence-electron chi connectivity index (χ4n) is 3.23. The number of nitrogens with zero attached hydrogens (tertiary/aromatic N) is 1. The van der Waals surface area contributed by atoms with Crippen LogP contribution in [0.1, 0.15) is 53.3 Å². The standard InChI is InChI=1S/C20H25N3O4/c1-25-19-9-13(4-7-18(19)27-12-15-3-2-8-26-15)11-21-20(24)17-10-16(22-23-17)14-5-6-14/h4,7,9-10,14-15H,2-3,5-6,8,11-12H2,1H3,(H,21,24)(H,22,23). The van der Waals surface area contributed by atoms with Crippen LogP contribution < -0.4 is 14.8 Å². The Bertz CT molecular complexity index is 794. The fraction of sp³-hybridized carbons (Fsp3) is 0.500. The van der Waals surface area contributed by atoms with E-state index in [9.17, 15) is 4.79 Å². The van der Waals surface area contributed by atoms with Crippen LogP contribution in [0.4, 0.5) is 0 Å². The fourth-order valence-corrected chi connectivity index (χ4v) is 3.23. The number of rotatable bonds is 8. The summed E-state index contributed by atoms with van der Waals surface area (Å²) in [6.07, 6.45) is 4.61. The van der Waals surface area contributed by atoms with E-state index in [4.69, 9.17) is 14.2 Å². The molecular weight excluding hydrogens is 346 g/mol. The molecule has 1 aliphatic heterocycles. The Kier molecular flexibility index (Phi) is 5.29. The third kappa shape index (κ3) is 4.42. The van der Waals surface area contributed by atoms with Crippen LogP contribution >= 0.6 is 0 Å². The number of benzene rings is 1. The molecule has 2 N–H and O–H groups in total. The Hall–Kier alpha value is -2.54. The second kappa shape index (κ2) is 8.00. The third-order valence-corrected chi connectivity index (χ3v) is 4.98. The van der Waals surface area contributed by atoms with Gasteiger partial charge in [-0.2, -0.15) is 5.10 Å². The van der Waals surface area contributed by atoms with E-state index in [0.717, 1.165) is 30.7 Å². The molecule has 0 radical (unpaired) electrons. The second-order valence-corrected chi connectivity index (χ2v) is 7.10. The van der Waals surface area contributed by atoms with Gasteiger partial charge in [0.2, 0.25) is 0 Å². The molecule has 7 heteroatoms. The highest BCUT2D eigenvalue weighted by atomic mass is 16.5. The number of methoxy groups -OCH3 is 1. The lowest BCUT2D eigenvalue weighted by molar-refractivity contribution is 0.0669. The smallest absolute Gasteiger partial charge is 0.272 e. The average Bonchev–Trinajstić information content (AvgIpc) is 3.20. The normalized spacial score (nSPS) is 19.1. The number of aromatic amines is 1. The van der Waals surface area contributed by atoms with E-state index in [-0.39, 0.29) is 12.0 Å². The van der Waals surface area contributed by atoms with Gasteiger partial charge in [0.25, 0.3) is 5.91 Å². The summed E-state index contributed by atoms with van der Waals surface area (Å²) in [6, 6.07) is 7.52. The van der Waals surface area contributed by atoms with E-state index in [1.165, 1.54) is 12.8 Å². The molecule has 0 spiro atoms. The molecule has 1 atom stereocenters. The highest BCUT2D eigenvalue weighted by Gasteiger charge is 2.26. The number of hydrogen-bond donors (Lipinski definition) is 2. The van der Waals surface area contributed by atoms with Crippen molar-refractivity contribution in [2.45, 2.75) is 44.2 Å². The minimum atomic E-state index is -0.184. The van der Waals surface area contributed by atoms with E-state index >= 15 is 0 Å². The first-order valence-electron chi connectivity index (χ1n) is 9.48. The molecule has 2 fully saturated rings. The van der Waals surface area contributed by atoms with Gasteiger partial charge in [0.05, 0.1) is 13.2 Å². The Morgan fingerprint density at radius 2 is 2.19 bits per heavy atom. The first-order chi connectivity index (χ1) is 13.2. The minimum Gasteiger partial charge on any atom is -0.493 e. The highest BCUT2D eigenvalue weighted by Crippen LogP contribution is 2.39. The summed E-state index contributed by atoms with van der Waals surface area (Å²) in [5, 5.41) is 9.96. The number of carbonyl (C=O) groups excluding carboxylic acids is 1. The molecule has 1 aromatic carbocycles. The van der Waals surface area contributed by atoms with Crippen molar-refractivity contribution in [3.8, 4) is 11.5 Å². The van der Waals surface area contributed by atoms with E-state index in [0.29, 0.717) is 36.3 Å². The van der Waals surface area contributed by atoms with Gasteiger partial charge in [0.1, 0.15) is 12.3 Å². The van der Waals surface area contributed by atoms with Crippen molar-refractivity contribution in [1.29, 1.82) is 0 Å². The summed E-state index contributed by atoms with van der Waals surface area (Å²) < 4.78 is 16.9. The zero-order chi connectivity index (χ0) is 18.6. The molecule has 27 heavy (non-hydrogen) atoms. The maximum absolute atomic E-state index is 12.3. The molecule has 1 saturated carbocycles. The van der Waals surface area contributed by atoms with Crippen LogP contribution in [0.2, 0.25) is 0 Å². The Morgan fingerprint density at radius 1 is 1.30 bits per heavy atom. The van der Waals surface area contributed by atoms with Crippen molar-refractivity contribution < 1.29 is 19.0 Å². The SMILES string of the molecule is COc1cc(CNC(=O)c2cc(C3CC3)[nH]n2)ccc1OCC1CCCO1. The van der Waals surface area contributed by atoms with Gasteiger partial charge in [0, 0.05) is 24.8 Å². The largest absolute Gasteiger partial charge is 0.493 e. The topological polar surface area (TPSA) is 85.5 Å². The maximum atomic E-state index is 12.3. The van der Waals surface area contributed by atoms with Crippen LogP contribution in [0.3, 0.4) is 0 Å². The monoisotopic (exact) mass is 371 g/mol.